The summed E-state index contributed by atoms with van der Waals surface area (Å²) >= 11 is 0. The SMILES string of the molecule is CC[C@H](C)NC(=O)[C@H](Cc1ccccc1)N(Cc1ccccc1F)C(=O)CCN1C(=O)[C@H]2CC=CC[C@H]2C1=O. The van der Waals surface area contributed by atoms with Crippen LogP contribution in [0, 0.1) is 17.7 Å². The van der Waals surface area contributed by atoms with Crippen LogP contribution in [-0.4, -0.2) is 52.1 Å². The highest BCUT2D eigenvalue weighted by Gasteiger charge is 2.47. The maximum atomic E-state index is 14.7. The van der Waals surface area contributed by atoms with Crippen molar-refractivity contribution in [2.45, 2.75) is 64.6 Å². The fourth-order valence-electron chi connectivity index (χ4n) is 5.25. The van der Waals surface area contributed by atoms with Gasteiger partial charge in [0.1, 0.15) is 11.9 Å². The van der Waals surface area contributed by atoms with Crippen LogP contribution in [0.2, 0.25) is 0 Å². The Morgan fingerprint density at radius 1 is 1.00 bits per heavy atom. The van der Waals surface area contributed by atoms with Crippen molar-refractivity contribution < 1.29 is 23.6 Å². The van der Waals surface area contributed by atoms with Crippen molar-refractivity contribution in [1.29, 1.82) is 0 Å². The molecule has 1 aliphatic heterocycles. The fourth-order valence-corrected chi connectivity index (χ4v) is 5.25. The molecule has 8 heteroatoms. The van der Waals surface area contributed by atoms with E-state index in [9.17, 15) is 23.6 Å². The number of halogens is 1. The van der Waals surface area contributed by atoms with E-state index in [0.29, 0.717) is 19.3 Å². The zero-order valence-corrected chi connectivity index (χ0v) is 22.5. The minimum Gasteiger partial charge on any atom is -0.352 e. The third-order valence-corrected chi connectivity index (χ3v) is 7.72. The number of nitrogens with zero attached hydrogens (tertiary/aromatic N) is 2. The molecule has 2 aromatic carbocycles. The number of likely N-dealkylation sites (tertiary alicyclic amines) is 1. The third-order valence-electron chi connectivity index (χ3n) is 7.72. The lowest BCUT2D eigenvalue weighted by Crippen LogP contribution is -2.52. The van der Waals surface area contributed by atoms with Gasteiger partial charge in [-0.25, -0.2) is 4.39 Å². The molecule has 1 heterocycles. The molecule has 4 rings (SSSR count). The second-order valence-electron chi connectivity index (χ2n) is 10.4. The van der Waals surface area contributed by atoms with E-state index < -0.39 is 17.8 Å². The van der Waals surface area contributed by atoms with E-state index >= 15 is 0 Å². The Morgan fingerprint density at radius 3 is 2.23 bits per heavy atom. The van der Waals surface area contributed by atoms with E-state index in [4.69, 9.17) is 0 Å². The molecular formula is C31H36FN3O4. The number of rotatable bonds is 11. The number of fused-ring (bicyclic) bond motifs is 1. The van der Waals surface area contributed by atoms with Crippen molar-refractivity contribution in [2.75, 3.05) is 6.54 Å². The molecule has 0 bridgehead atoms. The lowest BCUT2D eigenvalue weighted by Gasteiger charge is -2.33. The van der Waals surface area contributed by atoms with E-state index in [1.54, 1.807) is 18.2 Å². The Labute approximate surface area is 229 Å². The number of allylic oxidation sites excluding steroid dienone is 2. The minimum absolute atomic E-state index is 0.0672. The first kappa shape index (κ1) is 28.2. The van der Waals surface area contributed by atoms with Crippen LogP contribution in [0.3, 0.4) is 0 Å². The molecule has 206 valence electrons. The summed E-state index contributed by atoms with van der Waals surface area (Å²) in [4.78, 5) is 55.8. The van der Waals surface area contributed by atoms with Crippen LogP contribution in [0.4, 0.5) is 4.39 Å². The molecule has 0 spiro atoms. The van der Waals surface area contributed by atoms with Gasteiger partial charge in [0, 0.05) is 37.5 Å². The van der Waals surface area contributed by atoms with Gasteiger partial charge < -0.3 is 10.2 Å². The number of imide groups is 1. The average molecular weight is 534 g/mol. The summed E-state index contributed by atoms with van der Waals surface area (Å²) in [6.07, 6.45) is 5.67. The van der Waals surface area contributed by atoms with Gasteiger partial charge in [0.2, 0.25) is 23.6 Å². The van der Waals surface area contributed by atoms with Crippen molar-refractivity contribution in [2.24, 2.45) is 11.8 Å². The smallest absolute Gasteiger partial charge is 0.243 e. The van der Waals surface area contributed by atoms with E-state index in [1.807, 2.05) is 56.3 Å². The molecule has 0 saturated carbocycles. The van der Waals surface area contributed by atoms with Crippen LogP contribution < -0.4 is 5.32 Å². The fraction of sp³-hybridized carbons (Fsp3) is 0.419. The molecule has 0 radical (unpaired) electrons. The molecule has 39 heavy (non-hydrogen) atoms. The zero-order chi connectivity index (χ0) is 27.9. The number of nitrogens with one attached hydrogen (secondary N) is 1. The molecule has 1 N–H and O–H groups in total. The van der Waals surface area contributed by atoms with Gasteiger partial charge in [0.15, 0.2) is 0 Å². The van der Waals surface area contributed by atoms with Gasteiger partial charge >= 0.3 is 0 Å². The van der Waals surface area contributed by atoms with Crippen LogP contribution in [0.5, 0.6) is 0 Å². The molecule has 1 fully saturated rings. The Morgan fingerprint density at radius 2 is 1.62 bits per heavy atom. The molecule has 2 aliphatic rings. The van der Waals surface area contributed by atoms with Crippen molar-refractivity contribution in [3.05, 3.63) is 83.7 Å². The molecular weight excluding hydrogens is 497 g/mol. The largest absolute Gasteiger partial charge is 0.352 e. The van der Waals surface area contributed by atoms with E-state index in [0.717, 1.165) is 5.56 Å². The summed E-state index contributed by atoms with van der Waals surface area (Å²) in [5, 5.41) is 2.98. The summed E-state index contributed by atoms with van der Waals surface area (Å²) in [7, 11) is 0. The van der Waals surface area contributed by atoms with Gasteiger partial charge in [0.05, 0.1) is 11.8 Å². The van der Waals surface area contributed by atoms with Crippen LogP contribution in [0.25, 0.3) is 0 Å². The minimum atomic E-state index is -0.912. The lowest BCUT2D eigenvalue weighted by atomic mass is 9.85. The highest BCUT2D eigenvalue weighted by atomic mass is 19.1. The number of benzene rings is 2. The topological polar surface area (TPSA) is 86.8 Å². The quantitative estimate of drug-likeness (QED) is 0.349. The van der Waals surface area contributed by atoms with Gasteiger partial charge in [0.25, 0.3) is 0 Å². The first-order valence-electron chi connectivity index (χ1n) is 13.7. The number of carbonyl (C=O) groups is 4. The summed E-state index contributed by atoms with van der Waals surface area (Å²) in [6.45, 7) is 3.66. The van der Waals surface area contributed by atoms with Crippen molar-refractivity contribution in [1.82, 2.24) is 15.1 Å². The maximum Gasteiger partial charge on any atom is 0.243 e. The molecule has 0 aromatic heterocycles. The van der Waals surface area contributed by atoms with Gasteiger partial charge in [-0.15, -0.1) is 0 Å². The summed E-state index contributed by atoms with van der Waals surface area (Å²) in [5.74, 6) is -2.48. The predicted octanol–water partition coefficient (Wildman–Crippen LogP) is 4.02. The molecule has 1 saturated heterocycles. The second kappa shape index (κ2) is 12.8. The highest BCUT2D eigenvalue weighted by molar-refractivity contribution is 6.05. The maximum absolute atomic E-state index is 14.7. The van der Waals surface area contributed by atoms with Crippen molar-refractivity contribution in [3.8, 4) is 0 Å². The summed E-state index contributed by atoms with van der Waals surface area (Å²) in [6, 6.07) is 14.5. The predicted molar refractivity (Wildman–Crippen MR) is 145 cm³/mol. The lowest BCUT2D eigenvalue weighted by molar-refractivity contribution is -0.144. The first-order valence-corrected chi connectivity index (χ1v) is 13.7. The van der Waals surface area contributed by atoms with Gasteiger partial charge in [-0.3, -0.25) is 24.1 Å². The average Bonchev–Trinajstić information content (AvgIpc) is 3.19. The van der Waals surface area contributed by atoms with E-state index in [-0.39, 0.29) is 67.1 Å². The Kier molecular flexibility index (Phi) is 9.28. The second-order valence-corrected chi connectivity index (χ2v) is 10.4. The van der Waals surface area contributed by atoms with E-state index in [1.165, 1.54) is 15.9 Å². The third kappa shape index (κ3) is 6.61. The number of hydrogen-bond acceptors (Lipinski definition) is 4. The van der Waals surface area contributed by atoms with Gasteiger partial charge in [-0.2, -0.15) is 0 Å². The Hall–Kier alpha value is -3.81. The van der Waals surface area contributed by atoms with Crippen molar-refractivity contribution in [3.63, 3.8) is 0 Å². The van der Waals surface area contributed by atoms with E-state index in [2.05, 4.69) is 5.32 Å². The molecule has 1 aliphatic carbocycles. The van der Waals surface area contributed by atoms with Crippen molar-refractivity contribution >= 4 is 23.6 Å². The van der Waals surface area contributed by atoms with Crippen LogP contribution in [0.1, 0.15) is 50.7 Å². The van der Waals surface area contributed by atoms with Gasteiger partial charge in [-0.05, 0) is 37.8 Å². The summed E-state index contributed by atoms with van der Waals surface area (Å²) in [5.41, 5.74) is 1.14. The summed E-state index contributed by atoms with van der Waals surface area (Å²) < 4.78 is 14.7. The van der Waals surface area contributed by atoms with Crippen LogP contribution in [-0.2, 0) is 32.1 Å². The highest BCUT2D eigenvalue weighted by Crippen LogP contribution is 2.35. The van der Waals surface area contributed by atoms with Crippen LogP contribution >= 0.6 is 0 Å². The first-order chi connectivity index (χ1) is 18.8. The normalized spacial score (nSPS) is 19.9. The molecule has 4 amide bonds. The monoisotopic (exact) mass is 533 g/mol. The zero-order valence-electron chi connectivity index (χ0n) is 22.5. The Balaban J connectivity index is 1.60. The van der Waals surface area contributed by atoms with Crippen LogP contribution in [0.15, 0.2) is 66.7 Å². The Bertz CT molecular complexity index is 1210. The molecule has 0 unspecified atom stereocenters. The number of carbonyl (C=O) groups excluding carboxylic acids is 4. The molecule has 7 nitrogen and oxygen atoms in total. The molecule has 2 aromatic rings. The standard InChI is InChI=1S/C31H36FN3O4/c1-3-21(2)33-29(37)27(19-22-11-5-4-6-12-22)35(20-23-13-7-10-16-26(23)32)28(36)17-18-34-30(38)24-14-8-9-15-25(24)31(34)39/h4-13,16,21,24-25,27H,3,14-15,17-20H2,1-2H3,(H,33,37)/t21-,24-,25+,27-/m0/s1. The van der Waals surface area contributed by atoms with Gasteiger partial charge in [-0.1, -0.05) is 67.6 Å². The number of amides is 4. The molecule has 4 atom stereocenters. The number of hydrogen-bond donors (Lipinski definition) is 1.